The lowest BCUT2D eigenvalue weighted by Crippen LogP contribution is -2.55. The van der Waals surface area contributed by atoms with Gasteiger partial charge in [0.1, 0.15) is 10.1 Å². The SMILES string of the molecule is CCCCC(F)(C(C)(C)C(=O)C(F)(F)F)S(=O)(=O)[O-]. The zero-order valence-electron chi connectivity index (χ0n) is 10.7. The first-order valence-corrected chi connectivity index (χ1v) is 6.88. The van der Waals surface area contributed by atoms with E-state index in [1.165, 1.54) is 6.92 Å². The number of carbonyl (C=O) groups excluding carboxylic acids is 1. The number of hydrogen-bond acceptors (Lipinski definition) is 4. The van der Waals surface area contributed by atoms with Crippen molar-refractivity contribution in [3.63, 3.8) is 0 Å². The van der Waals surface area contributed by atoms with Crippen LogP contribution in [-0.2, 0) is 14.9 Å². The second-order valence-electron chi connectivity index (χ2n) is 4.74. The van der Waals surface area contributed by atoms with Gasteiger partial charge in [-0.1, -0.05) is 13.3 Å². The molecule has 0 aromatic heterocycles. The van der Waals surface area contributed by atoms with Crippen molar-refractivity contribution in [3.05, 3.63) is 0 Å². The smallest absolute Gasteiger partial charge is 0.450 e. The molecule has 0 aliphatic heterocycles. The molecule has 0 amide bonds. The number of alkyl halides is 4. The zero-order chi connectivity index (χ0) is 15.7. The molecule has 1 atom stereocenters. The maximum atomic E-state index is 14.4. The number of ketones is 1. The van der Waals surface area contributed by atoms with E-state index >= 15 is 0 Å². The molecule has 0 spiro atoms. The van der Waals surface area contributed by atoms with Gasteiger partial charge in [-0.05, 0) is 26.7 Å². The highest BCUT2D eigenvalue weighted by molar-refractivity contribution is 7.87. The van der Waals surface area contributed by atoms with Crippen LogP contribution >= 0.6 is 0 Å². The Labute approximate surface area is 108 Å². The van der Waals surface area contributed by atoms with Gasteiger partial charge in [0.05, 0.1) is 5.41 Å². The van der Waals surface area contributed by atoms with Crippen LogP contribution in [0.1, 0.15) is 40.0 Å². The maximum Gasteiger partial charge on any atom is 0.450 e. The molecule has 0 saturated heterocycles. The fraction of sp³-hybridized carbons (Fsp3) is 0.900. The lowest BCUT2D eigenvalue weighted by molar-refractivity contribution is -0.185. The highest BCUT2D eigenvalue weighted by Crippen LogP contribution is 2.46. The van der Waals surface area contributed by atoms with E-state index in [9.17, 15) is 35.3 Å². The molecule has 9 heteroatoms. The molecule has 1 unspecified atom stereocenters. The molecule has 0 saturated carbocycles. The second kappa shape index (κ2) is 5.35. The predicted octanol–water partition coefficient (Wildman–Crippen LogP) is 2.55. The Morgan fingerprint density at radius 3 is 1.84 bits per heavy atom. The van der Waals surface area contributed by atoms with E-state index in [-0.39, 0.29) is 12.8 Å². The molecule has 19 heavy (non-hydrogen) atoms. The number of Topliss-reactive ketones (excluding diaryl/α,β-unsaturated/α-hetero) is 1. The minimum Gasteiger partial charge on any atom is -0.745 e. The van der Waals surface area contributed by atoms with Gasteiger partial charge in [-0.3, -0.25) is 4.79 Å². The van der Waals surface area contributed by atoms with Crippen LogP contribution in [0.4, 0.5) is 17.6 Å². The molecule has 0 heterocycles. The molecule has 0 fully saturated rings. The topological polar surface area (TPSA) is 74.3 Å². The molecule has 0 rings (SSSR count). The molecule has 0 radical (unpaired) electrons. The van der Waals surface area contributed by atoms with Gasteiger partial charge in [-0.25, -0.2) is 12.8 Å². The summed E-state index contributed by atoms with van der Waals surface area (Å²) in [5.41, 5.74) is -3.00. The Bertz CT molecular complexity index is 441. The van der Waals surface area contributed by atoms with Crippen LogP contribution in [0.2, 0.25) is 0 Å². The van der Waals surface area contributed by atoms with Crippen molar-refractivity contribution in [3.8, 4) is 0 Å². The van der Waals surface area contributed by atoms with E-state index in [0.29, 0.717) is 13.8 Å². The van der Waals surface area contributed by atoms with Crippen LogP contribution in [0.15, 0.2) is 0 Å². The van der Waals surface area contributed by atoms with Crippen LogP contribution in [0.5, 0.6) is 0 Å². The second-order valence-corrected chi connectivity index (χ2v) is 6.29. The van der Waals surface area contributed by atoms with E-state index < -0.39 is 38.9 Å². The normalized spacial score (nSPS) is 17.1. The molecule has 4 nitrogen and oxygen atoms in total. The van der Waals surface area contributed by atoms with Crippen molar-refractivity contribution < 1.29 is 35.3 Å². The van der Waals surface area contributed by atoms with Crippen LogP contribution in [0, 0.1) is 5.41 Å². The average Bonchev–Trinajstić information content (AvgIpc) is 2.21. The van der Waals surface area contributed by atoms with Gasteiger partial charge in [0.15, 0.2) is 0 Å². The van der Waals surface area contributed by atoms with Gasteiger partial charge in [0, 0.05) is 0 Å². The van der Waals surface area contributed by atoms with Crippen molar-refractivity contribution in [1.29, 1.82) is 0 Å². The van der Waals surface area contributed by atoms with E-state index in [1.54, 1.807) is 0 Å². The highest BCUT2D eigenvalue weighted by Gasteiger charge is 2.61. The summed E-state index contributed by atoms with van der Waals surface area (Å²) in [6.07, 6.45) is -6.24. The summed E-state index contributed by atoms with van der Waals surface area (Å²) in [4.78, 5) is 11.2. The molecule has 0 N–H and O–H groups in total. The Balaban J connectivity index is 5.82. The number of carbonyl (C=O) groups is 1. The van der Waals surface area contributed by atoms with Crippen molar-refractivity contribution >= 4 is 15.9 Å². The van der Waals surface area contributed by atoms with Gasteiger partial charge in [0.25, 0.3) is 0 Å². The predicted molar refractivity (Wildman–Crippen MR) is 57.9 cm³/mol. The summed E-state index contributed by atoms with van der Waals surface area (Å²) in [5.74, 6) is -2.57. The summed E-state index contributed by atoms with van der Waals surface area (Å²) in [7, 11) is -5.74. The largest absolute Gasteiger partial charge is 0.745 e. The molecular weight excluding hydrogens is 292 g/mol. The molecule has 0 aromatic rings. The molecule has 0 aliphatic carbocycles. The summed E-state index contributed by atoms with van der Waals surface area (Å²) in [6.45, 7) is 2.50. The average molecular weight is 307 g/mol. The zero-order valence-corrected chi connectivity index (χ0v) is 11.5. The Morgan fingerprint density at radius 2 is 1.58 bits per heavy atom. The monoisotopic (exact) mass is 307 g/mol. The van der Waals surface area contributed by atoms with E-state index in [0.717, 1.165) is 0 Å². The minimum atomic E-state index is -5.74. The molecule has 0 bridgehead atoms. The van der Waals surface area contributed by atoms with E-state index in [2.05, 4.69) is 0 Å². The van der Waals surface area contributed by atoms with Crippen LogP contribution < -0.4 is 0 Å². The van der Waals surface area contributed by atoms with Crippen LogP contribution in [0.3, 0.4) is 0 Å². The standard InChI is InChI=1S/C10H16F4O4S/c1-4-5-6-9(11,19(16,17)18)8(2,3)7(15)10(12,13)14/h4-6H2,1-3H3,(H,16,17,18)/p-1. The van der Waals surface area contributed by atoms with Crippen LogP contribution in [0.25, 0.3) is 0 Å². The van der Waals surface area contributed by atoms with E-state index in [4.69, 9.17) is 0 Å². The highest BCUT2D eigenvalue weighted by atomic mass is 32.2. The third-order valence-electron chi connectivity index (χ3n) is 3.01. The number of halogens is 4. The fourth-order valence-corrected chi connectivity index (χ4v) is 2.79. The van der Waals surface area contributed by atoms with Gasteiger partial charge in [-0.15, -0.1) is 0 Å². The summed E-state index contributed by atoms with van der Waals surface area (Å²) in [6, 6.07) is 0. The Hall–Kier alpha value is -0.700. The van der Waals surface area contributed by atoms with Gasteiger partial charge >= 0.3 is 6.18 Å². The maximum absolute atomic E-state index is 14.4. The molecule has 0 aliphatic rings. The van der Waals surface area contributed by atoms with Gasteiger partial charge in [-0.2, -0.15) is 13.2 Å². The Morgan fingerprint density at radius 1 is 1.16 bits per heavy atom. The van der Waals surface area contributed by atoms with Crippen molar-refractivity contribution in [2.75, 3.05) is 0 Å². The first kappa shape index (κ1) is 18.3. The minimum absolute atomic E-state index is 0.132. The van der Waals surface area contributed by atoms with Crippen molar-refractivity contribution in [1.82, 2.24) is 0 Å². The van der Waals surface area contributed by atoms with E-state index in [1.807, 2.05) is 0 Å². The van der Waals surface area contributed by atoms with Gasteiger partial charge in [0.2, 0.25) is 10.8 Å². The lowest BCUT2D eigenvalue weighted by Gasteiger charge is -2.40. The first-order chi connectivity index (χ1) is 8.22. The number of hydrogen-bond donors (Lipinski definition) is 0. The molecular formula is C10H15F4O4S-. The van der Waals surface area contributed by atoms with Crippen LogP contribution in [-0.4, -0.2) is 29.9 Å². The quantitative estimate of drug-likeness (QED) is 0.558. The summed E-state index contributed by atoms with van der Waals surface area (Å²) in [5, 5.41) is -3.79. The number of rotatable bonds is 6. The third kappa shape index (κ3) is 3.44. The lowest BCUT2D eigenvalue weighted by atomic mass is 9.80. The summed E-state index contributed by atoms with van der Waals surface area (Å²) >= 11 is 0. The first-order valence-electron chi connectivity index (χ1n) is 5.47. The number of unbranched alkanes of at least 4 members (excludes halogenated alkanes) is 1. The van der Waals surface area contributed by atoms with Gasteiger partial charge < -0.3 is 4.55 Å². The molecule has 114 valence electrons. The van der Waals surface area contributed by atoms with Crippen molar-refractivity contribution in [2.24, 2.45) is 5.41 Å². The van der Waals surface area contributed by atoms with Crippen molar-refractivity contribution in [2.45, 2.75) is 51.2 Å². The fourth-order valence-electron chi connectivity index (χ4n) is 1.68. The molecule has 0 aromatic carbocycles. The Kier molecular flexibility index (Phi) is 5.16. The third-order valence-corrected chi connectivity index (χ3v) is 4.51. The summed E-state index contributed by atoms with van der Waals surface area (Å²) < 4.78 is 84.5.